The van der Waals surface area contributed by atoms with Gasteiger partial charge in [-0.1, -0.05) is 11.6 Å². The Balaban J connectivity index is 2.77. The van der Waals surface area contributed by atoms with E-state index in [0.717, 1.165) is 0 Å². The zero-order valence-electron chi connectivity index (χ0n) is 11.8. The van der Waals surface area contributed by atoms with Gasteiger partial charge in [0.25, 0.3) is 5.91 Å². The number of nitrogens with one attached hydrogen (secondary N) is 1. The number of benzene rings is 1. The van der Waals surface area contributed by atoms with Crippen LogP contribution in [-0.4, -0.2) is 41.0 Å². The molecule has 2 amide bonds. The van der Waals surface area contributed by atoms with E-state index in [1.807, 2.05) is 13.8 Å². The standard InChI is InChI=1S/C14H19ClN2O3/c1-4-17(5-2)14(20)9(3)16-13(19)11-7-6-10(15)8-12(11)18/h6-9,18H,4-5H2,1-3H3,(H,16,19). The second kappa shape index (κ2) is 7.14. The SMILES string of the molecule is CCN(CC)C(=O)C(C)NC(=O)c1ccc(Cl)cc1O. The predicted molar refractivity (Wildman–Crippen MR) is 78.0 cm³/mol. The minimum Gasteiger partial charge on any atom is -0.507 e. The summed E-state index contributed by atoms with van der Waals surface area (Å²) in [6, 6.07) is 3.56. The number of halogens is 1. The highest BCUT2D eigenvalue weighted by atomic mass is 35.5. The Morgan fingerprint density at radius 3 is 2.45 bits per heavy atom. The maximum atomic E-state index is 12.0. The quantitative estimate of drug-likeness (QED) is 0.874. The van der Waals surface area contributed by atoms with E-state index in [-0.39, 0.29) is 17.2 Å². The topological polar surface area (TPSA) is 69.6 Å². The molecule has 20 heavy (non-hydrogen) atoms. The predicted octanol–water partition coefficient (Wildman–Crippen LogP) is 2.03. The van der Waals surface area contributed by atoms with Crippen molar-refractivity contribution in [2.75, 3.05) is 13.1 Å². The second-order valence-electron chi connectivity index (χ2n) is 4.37. The molecule has 1 rings (SSSR count). The van der Waals surface area contributed by atoms with Crippen molar-refractivity contribution in [3.05, 3.63) is 28.8 Å². The van der Waals surface area contributed by atoms with Crippen molar-refractivity contribution in [1.82, 2.24) is 10.2 Å². The maximum absolute atomic E-state index is 12.0. The summed E-state index contributed by atoms with van der Waals surface area (Å²) in [7, 11) is 0. The highest BCUT2D eigenvalue weighted by molar-refractivity contribution is 6.30. The number of hydrogen-bond acceptors (Lipinski definition) is 3. The molecule has 0 saturated heterocycles. The van der Waals surface area contributed by atoms with Crippen LogP contribution in [0.3, 0.4) is 0 Å². The van der Waals surface area contributed by atoms with Crippen LogP contribution < -0.4 is 5.32 Å². The minimum absolute atomic E-state index is 0.0913. The van der Waals surface area contributed by atoms with E-state index >= 15 is 0 Å². The monoisotopic (exact) mass is 298 g/mol. The summed E-state index contributed by atoms with van der Waals surface area (Å²) in [5, 5.41) is 12.6. The fraction of sp³-hybridized carbons (Fsp3) is 0.429. The van der Waals surface area contributed by atoms with Crippen LogP contribution in [0, 0.1) is 0 Å². The average Bonchev–Trinajstić information content (AvgIpc) is 2.39. The van der Waals surface area contributed by atoms with Crippen LogP contribution in [0.15, 0.2) is 18.2 Å². The van der Waals surface area contributed by atoms with E-state index in [2.05, 4.69) is 5.32 Å². The van der Waals surface area contributed by atoms with Crippen molar-refractivity contribution in [3.8, 4) is 5.75 Å². The van der Waals surface area contributed by atoms with Gasteiger partial charge in [0.2, 0.25) is 5.91 Å². The van der Waals surface area contributed by atoms with Crippen molar-refractivity contribution in [2.24, 2.45) is 0 Å². The van der Waals surface area contributed by atoms with Crippen LogP contribution in [0.2, 0.25) is 5.02 Å². The first-order valence-corrected chi connectivity index (χ1v) is 6.86. The zero-order valence-corrected chi connectivity index (χ0v) is 12.6. The summed E-state index contributed by atoms with van der Waals surface area (Å²) in [6.45, 7) is 6.54. The molecule has 0 spiro atoms. The van der Waals surface area contributed by atoms with Crippen molar-refractivity contribution >= 4 is 23.4 Å². The van der Waals surface area contributed by atoms with Crippen molar-refractivity contribution in [2.45, 2.75) is 26.8 Å². The summed E-state index contributed by atoms with van der Waals surface area (Å²) in [4.78, 5) is 25.7. The number of phenols is 1. The van der Waals surface area contributed by atoms with Gasteiger partial charge in [-0.2, -0.15) is 0 Å². The lowest BCUT2D eigenvalue weighted by Gasteiger charge is -2.23. The Bertz CT molecular complexity index is 501. The Hall–Kier alpha value is -1.75. The fourth-order valence-corrected chi connectivity index (χ4v) is 2.01. The lowest BCUT2D eigenvalue weighted by atomic mass is 10.1. The third-order valence-electron chi connectivity index (χ3n) is 3.00. The van der Waals surface area contributed by atoms with Gasteiger partial charge in [0.05, 0.1) is 5.56 Å². The molecule has 6 heteroatoms. The smallest absolute Gasteiger partial charge is 0.255 e. The average molecular weight is 299 g/mol. The van der Waals surface area contributed by atoms with Gasteiger partial charge in [-0.25, -0.2) is 0 Å². The van der Waals surface area contributed by atoms with E-state index in [1.54, 1.807) is 11.8 Å². The Labute approximate surface area is 123 Å². The van der Waals surface area contributed by atoms with Gasteiger partial charge < -0.3 is 15.3 Å². The molecule has 0 bridgehead atoms. The molecule has 5 nitrogen and oxygen atoms in total. The lowest BCUT2D eigenvalue weighted by molar-refractivity contribution is -0.132. The van der Waals surface area contributed by atoms with Gasteiger partial charge in [0.1, 0.15) is 11.8 Å². The first-order valence-electron chi connectivity index (χ1n) is 6.48. The van der Waals surface area contributed by atoms with Gasteiger partial charge in [0, 0.05) is 18.1 Å². The van der Waals surface area contributed by atoms with E-state index in [4.69, 9.17) is 11.6 Å². The molecule has 0 aliphatic rings. The lowest BCUT2D eigenvalue weighted by Crippen LogP contribution is -2.46. The van der Waals surface area contributed by atoms with E-state index in [0.29, 0.717) is 18.1 Å². The summed E-state index contributed by atoms with van der Waals surface area (Å²) >= 11 is 5.70. The van der Waals surface area contributed by atoms with Crippen LogP contribution in [0.4, 0.5) is 0 Å². The van der Waals surface area contributed by atoms with Gasteiger partial charge in [-0.15, -0.1) is 0 Å². The summed E-state index contributed by atoms with van der Waals surface area (Å²) in [5.74, 6) is -0.874. The van der Waals surface area contributed by atoms with Crippen LogP contribution in [0.25, 0.3) is 0 Å². The number of carbonyl (C=O) groups is 2. The van der Waals surface area contributed by atoms with Gasteiger partial charge in [-0.3, -0.25) is 9.59 Å². The van der Waals surface area contributed by atoms with E-state index in [1.165, 1.54) is 18.2 Å². The van der Waals surface area contributed by atoms with E-state index < -0.39 is 11.9 Å². The number of carbonyl (C=O) groups excluding carboxylic acids is 2. The molecule has 0 aliphatic heterocycles. The first-order chi connectivity index (χ1) is 9.40. The van der Waals surface area contributed by atoms with Gasteiger partial charge in [0.15, 0.2) is 0 Å². The van der Waals surface area contributed by atoms with E-state index in [9.17, 15) is 14.7 Å². The molecule has 0 radical (unpaired) electrons. The molecular formula is C14H19ClN2O3. The normalized spacial score (nSPS) is 11.8. The Morgan fingerprint density at radius 1 is 1.35 bits per heavy atom. The van der Waals surface area contributed by atoms with Crippen molar-refractivity contribution in [3.63, 3.8) is 0 Å². The number of amides is 2. The zero-order chi connectivity index (χ0) is 15.3. The number of aromatic hydroxyl groups is 1. The highest BCUT2D eigenvalue weighted by Gasteiger charge is 2.21. The van der Waals surface area contributed by atoms with Crippen LogP contribution in [0.5, 0.6) is 5.75 Å². The molecule has 0 aliphatic carbocycles. The van der Waals surface area contributed by atoms with Crippen LogP contribution in [0.1, 0.15) is 31.1 Å². The van der Waals surface area contributed by atoms with Crippen LogP contribution >= 0.6 is 11.6 Å². The molecule has 1 aromatic carbocycles. The fourth-order valence-electron chi connectivity index (χ4n) is 1.84. The summed E-state index contributed by atoms with van der Waals surface area (Å²) in [5.41, 5.74) is 0.0913. The van der Waals surface area contributed by atoms with Gasteiger partial charge >= 0.3 is 0 Å². The Morgan fingerprint density at radius 2 is 1.95 bits per heavy atom. The molecule has 0 fully saturated rings. The number of nitrogens with zero attached hydrogens (tertiary/aromatic N) is 1. The maximum Gasteiger partial charge on any atom is 0.255 e. The molecule has 1 unspecified atom stereocenters. The number of likely N-dealkylation sites (N-methyl/N-ethyl adjacent to an activating group) is 1. The largest absolute Gasteiger partial charge is 0.507 e. The highest BCUT2D eigenvalue weighted by Crippen LogP contribution is 2.21. The van der Waals surface area contributed by atoms with Crippen molar-refractivity contribution in [1.29, 1.82) is 0 Å². The van der Waals surface area contributed by atoms with Crippen molar-refractivity contribution < 1.29 is 14.7 Å². The van der Waals surface area contributed by atoms with Crippen LogP contribution in [-0.2, 0) is 4.79 Å². The molecule has 110 valence electrons. The molecule has 0 heterocycles. The molecule has 2 N–H and O–H groups in total. The summed E-state index contributed by atoms with van der Waals surface area (Å²) < 4.78 is 0. The molecular weight excluding hydrogens is 280 g/mol. The third-order valence-corrected chi connectivity index (χ3v) is 3.23. The molecule has 1 atom stereocenters. The molecule has 0 saturated carbocycles. The Kier molecular flexibility index (Phi) is 5.82. The number of hydrogen-bond donors (Lipinski definition) is 2. The first kappa shape index (κ1) is 16.3. The summed E-state index contributed by atoms with van der Waals surface area (Å²) in [6.07, 6.45) is 0. The third kappa shape index (κ3) is 3.87. The number of rotatable bonds is 5. The van der Waals surface area contributed by atoms with Gasteiger partial charge in [-0.05, 0) is 39.0 Å². The minimum atomic E-state index is -0.655. The number of phenolic OH excluding ortho intramolecular Hbond substituents is 1. The molecule has 1 aromatic rings. The second-order valence-corrected chi connectivity index (χ2v) is 4.80. The molecule has 0 aromatic heterocycles.